The molecule has 3 rings (SSSR count). The van der Waals surface area contributed by atoms with Crippen LogP contribution in [0.3, 0.4) is 0 Å². The van der Waals surface area contributed by atoms with Gasteiger partial charge >= 0.3 is 7.12 Å². The van der Waals surface area contributed by atoms with Gasteiger partial charge in [0.2, 0.25) is 0 Å². The number of nitrogens with one attached hydrogen (secondary N) is 1. The van der Waals surface area contributed by atoms with E-state index in [9.17, 15) is 10.0 Å². The second kappa shape index (κ2) is 6.79. The summed E-state index contributed by atoms with van der Waals surface area (Å²) in [7, 11) is -1.52. The molecule has 3 aromatic rings. The van der Waals surface area contributed by atoms with Gasteiger partial charge in [0, 0.05) is 5.69 Å². The Bertz CT molecular complexity index is 854. The Morgan fingerprint density at radius 2 is 1.70 bits per heavy atom. The van der Waals surface area contributed by atoms with Gasteiger partial charge in [0.25, 0.3) is 5.17 Å². The van der Waals surface area contributed by atoms with E-state index in [2.05, 4.69) is 5.32 Å². The first-order valence-corrected chi connectivity index (χ1v) is 7.46. The van der Waals surface area contributed by atoms with Gasteiger partial charge in [-0.3, -0.25) is 0 Å². The summed E-state index contributed by atoms with van der Waals surface area (Å²) in [6.45, 7) is 0. The van der Waals surface area contributed by atoms with E-state index in [1.165, 1.54) is 0 Å². The van der Waals surface area contributed by atoms with Crippen LogP contribution in [-0.4, -0.2) is 22.3 Å². The second-order valence-electron chi connectivity index (χ2n) is 5.02. The zero-order chi connectivity index (χ0) is 16.2. The van der Waals surface area contributed by atoms with Gasteiger partial charge in [-0.2, -0.15) is 0 Å². The van der Waals surface area contributed by atoms with Crippen molar-refractivity contribution in [1.82, 2.24) is 0 Å². The van der Waals surface area contributed by atoms with E-state index in [0.29, 0.717) is 16.9 Å². The van der Waals surface area contributed by atoms with Gasteiger partial charge in [-0.1, -0.05) is 42.5 Å². The van der Waals surface area contributed by atoms with Crippen LogP contribution in [0.15, 0.2) is 66.7 Å². The van der Waals surface area contributed by atoms with Crippen molar-refractivity contribution in [2.45, 2.75) is 0 Å². The van der Waals surface area contributed by atoms with Crippen LogP contribution in [-0.2, 0) is 0 Å². The lowest BCUT2D eigenvalue weighted by Gasteiger charge is -2.11. The first-order chi connectivity index (χ1) is 11.1. The Labute approximate surface area is 139 Å². The molecule has 114 valence electrons. The normalized spacial score (nSPS) is 10.3. The van der Waals surface area contributed by atoms with Crippen molar-refractivity contribution in [3.8, 4) is 5.75 Å². The van der Waals surface area contributed by atoms with E-state index >= 15 is 0 Å². The predicted octanol–water partition coefficient (Wildman–Crippen LogP) is 2.30. The van der Waals surface area contributed by atoms with Crippen LogP contribution < -0.4 is 15.5 Å². The molecule has 0 fully saturated rings. The molecule has 3 aromatic carbocycles. The fraction of sp³-hybridized carbons (Fsp3) is 0. The van der Waals surface area contributed by atoms with Crippen LogP contribution in [0.2, 0.25) is 0 Å². The van der Waals surface area contributed by atoms with Crippen LogP contribution in [0.5, 0.6) is 5.75 Å². The van der Waals surface area contributed by atoms with Gasteiger partial charge in [0.05, 0.1) is 0 Å². The van der Waals surface area contributed by atoms with E-state index in [1.54, 1.807) is 24.3 Å². The largest absolute Gasteiger partial charge is 0.488 e. The monoisotopic (exact) mass is 323 g/mol. The van der Waals surface area contributed by atoms with Crippen molar-refractivity contribution in [1.29, 1.82) is 0 Å². The van der Waals surface area contributed by atoms with E-state index < -0.39 is 7.12 Å². The number of benzene rings is 3. The summed E-state index contributed by atoms with van der Waals surface area (Å²) in [5.41, 5.74) is 1.00. The molecule has 0 unspecified atom stereocenters. The molecule has 0 aliphatic rings. The van der Waals surface area contributed by atoms with Crippen molar-refractivity contribution in [3.63, 3.8) is 0 Å². The minimum absolute atomic E-state index is 0.185. The lowest BCUT2D eigenvalue weighted by molar-refractivity contribution is 0.426. The Morgan fingerprint density at radius 1 is 0.913 bits per heavy atom. The molecule has 6 heteroatoms. The molecule has 0 atom stereocenters. The summed E-state index contributed by atoms with van der Waals surface area (Å²) in [5.74, 6) is 0.638. The number of anilines is 1. The Hall–Kier alpha value is -2.41. The first kappa shape index (κ1) is 15.5. The quantitative estimate of drug-likeness (QED) is 0.510. The Balaban J connectivity index is 1.72. The Morgan fingerprint density at radius 3 is 2.48 bits per heavy atom. The molecule has 0 spiro atoms. The maximum Gasteiger partial charge on any atom is 0.488 e. The molecule has 4 nitrogen and oxygen atoms in total. The number of hydrogen-bond donors (Lipinski definition) is 3. The van der Waals surface area contributed by atoms with Crippen LogP contribution in [0.25, 0.3) is 10.8 Å². The molecule has 0 aliphatic carbocycles. The lowest BCUT2D eigenvalue weighted by Crippen LogP contribution is -2.30. The highest BCUT2D eigenvalue weighted by Gasteiger charge is 2.11. The molecular weight excluding hydrogens is 309 g/mol. The summed E-state index contributed by atoms with van der Waals surface area (Å²) >= 11 is 5.19. The number of ether oxygens (including phenoxy) is 1. The molecule has 3 N–H and O–H groups in total. The average Bonchev–Trinajstić information content (AvgIpc) is 2.55. The van der Waals surface area contributed by atoms with Crippen molar-refractivity contribution >= 4 is 46.4 Å². The number of hydrogen-bond acceptors (Lipinski definition) is 4. The minimum atomic E-state index is -1.52. The summed E-state index contributed by atoms with van der Waals surface area (Å²) < 4.78 is 5.62. The van der Waals surface area contributed by atoms with Crippen molar-refractivity contribution in [3.05, 3.63) is 66.7 Å². The number of rotatable bonds is 3. The zero-order valence-corrected chi connectivity index (χ0v) is 13.0. The van der Waals surface area contributed by atoms with Crippen molar-refractivity contribution < 1.29 is 14.8 Å². The van der Waals surface area contributed by atoms with Gasteiger partial charge in [0.15, 0.2) is 0 Å². The molecule has 0 radical (unpaired) electrons. The van der Waals surface area contributed by atoms with Gasteiger partial charge in [-0.25, -0.2) is 0 Å². The molecule has 0 saturated heterocycles. The van der Waals surface area contributed by atoms with E-state index in [1.807, 2.05) is 42.5 Å². The highest BCUT2D eigenvalue weighted by molar-refractivity contribution is 7.80. The molecule has 0 saturated carbocycles. The maximum absolute atomic E-state index is 9.18. The summed E-state index contributed by atoms with van der Waals surface area (Å²) in [6, 6.07) is 20.4. The molecular formula is C17H14BNO3S. The molecule has 0 amide bonds. The summed E-state index contributed by atoms with van der Waals surface area (Å²) in [4.78, 5) is 0. The SMILES string of the molecule is OB(O)c1cccc(NC(=S)Oc2ccc3ccccc3c2)c1. The molecule has 0 heterocycles. The van der Waals surface area contributed by atoms with E-state index in [0.717, 1.165) is 10.8 Å². The molecule has 0 aromatic heterocycles. The van der Waals surface area contributed by atoms with Crippen molar-refractivity contribution in [2.75, 3.05) is 5.32 Å². The molecule has 0 bridgehead atoms. The number of fused-ring (bicyclic) bond motifs is 1. The Kier molecular flexibility index (Phi) is 4.57. The predicted molar refractivity (Wildman–Crippen MR) is 97.1 cm³/mol. The highest BCUT2D eigenvalue weighted by atomic mass is 32.1. The maximum atomic E-state index is 9.18. The second-order valence-corrected chi connectivity index (χ2v) is 5.39. The van der Waals surface area contributed by atoms with Crippen LogP contribution >= 0.6 is 12.2 Å². The van der Waals surface area contributed by atoms with Crippen LogP contribution in [0.1, 0.15) is 0 Å². The van der Waals surface area contributed by atoms with E-state index in [-0.39, 0.29) is 5.17 Å². The fourth-order valence-electron chi connectivity index (χ4n) is 2.26. The zero-order valence-electron chi connectivity index (χ0n) is 12.1. The minimum Gasteiger partial charge on any atom is -0.432 e. The molecule has 0 aliphatic heterocycles. The van der Waals surface area contributed by atoms with E-state index in [4.69, 9.17) is 17.0 Å². The standard InChI is InChI=1S/C17H14BNO3S/c20-18(21)14-6-3-7-15(11-14)19-17(23)22-16-9-8-12-4-1-2-5-13(12)10-16/h1-11,20-21H,(H,19,23). The van der Waals surface area contributed by atoms with Gasteiger partial charge in [-0.15, -0.1) is 0 Å². The smallest absolute Gasteiger partial charge is 0.432 e. The van der Waals surface area contributed by atoms with Gasteiger partial charge < -0.3 is 20.1 Å². The fourth-order valence-corrected chi connectivity index (χ4v) is 2.47. The third kappa shape index (κ3) is 3.87. The van der Waals surface area contributed by atoms with Crippen LogP contribution in [0, 0.1) is 0 Å². The highest BCUT2D eigenvalue weighted by Crippen LogP contribution is 2.21. The average molecular weight is 323 g/mol. The van der Waals surface area contributed by atoms with Gasteiger partial charge in [0.1, 0.15) is 5.75 Å². The summed E-state index contributed by atoms with van der Waals surface area (Å²) in [6.07, 6.45) is 0. The van der Waals surface area contributed by atoms with Crippen LogP contribution in [0.4, 0.5) is 5.69 Å². The number of thiocarbonyl (C=S) groups is 1. The third-order valence-corrected chi connectivity index (χ3v) is 3.55. The lowest BCUT2D eigenvalue weighted by atomic mass is 9.80. The van der Waals surface area contributed by atoms with Crippen molar-refractivity contribution in [2.24, 2.45) is 0 Å². The summed E-state index contributed by atoms with van der Waals surface area (Å²) in [5, 5.41) is 23.7. The topological polar surface area (TPSA) is 61.7 Å². The first-order valence-electron chi connectivity index (χ1n) is 7.05. The van der Waals surface area contributed by atoms with Gasteiger partial charge in [-0.05, 0) is 52.7 Å². The molecule has 23 heavy (non-hydrogen) atoms. The third-order valence-electron chi connectivity index (χ3n) is 3.36.